The van der Waals surface area contributed by atoms with Crippen molar-refractivity contribution in [3.05, 3.63) is 107 Å². The van der Waals surface area contributed by atoms with Crippen LogP contribution in [0.1, 0.15) is 28.2 Å². The summed E-state index contributed by atoms with van der Waals surface area (Å²) in [7, 11) is 0. The lowest BCUT2D eigenvalue weighted by Gasteiger charge is -2.13. The van der Waals surface area contributed by atoms with Crippen molar-refractivity contribution in [1.29, 1.82) is 0 Å². The zero-order valence-electron chi connectivity index (χ0n) is 13.9. The van der Waals surface area contributed by atoms with Crippen molar-refractivity contribution in [1.82, 2.24) is 0 Å². The van der Waals surface area contributed by atoms with Crippen LogP contribution in [0.4, 0.5) is 8.78 Å². The summed E-state index contributed by atoms with van der Waals surface area (Å²) in [6, 6.07) is 24.3. The molecule has 2 heteroatoms. The first-order chi connectivity index (χ1) is 12.2. The number of benzene rings is 3. The van der Waals surface area contributed by atoms with Gasteiger partial charge >= 0.3 is 0 Å². The highest BCUT2D eigenvalue weighted by atomic mass is 19.1. The van der Waals surface area contributed by atoms with Gasteiger partial charge in [0.25, 0.3) is 0 Å². The maximum Gasteiger partial charge on any atom is 0.123 e. The first kappa shape index (κ1) is 17.1. The lowest BCUT2D eigenvalue weighted by molar-refractivity contribution is 0.428. The summed E-state index contributed by atoms with van der Waals surface area (Å²) in [5, 5.41) is 0. The Morgan fingerprint density at radius 3 is 1.84 bits per heavy atom. The maximum absolute atomic E-state index is 13.4. The average Bonchev–Trinajstić information content (AvgIpc) is 2.67. The fourth-order valence-corrected chi connectivity index (χ4v) is 2.80. The highest BCUT2D eigenvalue weighted by Crippen LogP contribution is 2.22. The molecule has 0 nitrogen and oxygen atoms in total. The largest absolute Gasteiger partial charge is 0.250 e. The van der Waals surface area contributed by atoms with Gasteiger partial charge in [0.15, 0.2) is 0 Å². The molecule has 0 bridgehead atoms. The number of hydrogen-bond acceptors (Lipinski definition) is 0. The Hall–Kier alpha value is -2.74. The van der Waals surface area contributed by atoms with Gasteiger partial charge in [0.2, 0.25) is 0 Å². The van der Waals surface area contributed by atoms with Gasteiger partial charge in [-0.25, -0.2) is 4.39 Å². The monoisotopic (exact) mass is 334 g/mol. The molecule has 0 radical (unpaired) electrons. The Bertz CT molecular complexity index is 803. The Morgan fingerprint density at radius 1 is 0.720 bits per heavy atom. The van der Waals surface area contributed by atoms with Gasteiger partial charge < -0.3 is 0 Å². The fraction of sp³-hybridized carbons (Fsp3) is 0.130. The number of halogens is 2. The van der Waals surface area contributed by atoms with Crippen molar-refractivity contribution in [2.45, 2.75) is 12.3 Å². The highest BCUT2D eigenvalue weighted by Gasteiger charge is 2.11. The van der Waals surface area contributed by atoms with Gasteiger partial charge in [0.1, 0.15) is 5.82 Å². The van der Waals surface area contributed by atoms with Gasteiger partial charge in [-0.05, 0) is 40.8 Å². The van der Waals surface area contributed by atoms with Gasteiger partial charge in [-0.1, -0.05) is 78.9 Å². The summed E-state index contributed by atoms with van der Waals surface area (Å²) in [6.07, 6.45) is 4.62. The van der Waals surface area contributed by atoms with Gasteiger partial charge in [-0.15, -0.1) is 0 Å². The minimum Gasteiger partial charge on any atom is -0.250 e. The van der Waals surface area contributed by atoms with Crippen LogP contribution in [0.25, 0.3) is 12.2 Å². The third-order valence-corrected chi connectivity index (χ3v) is 4.26. The van der Waals surface area contributed by atoms with Crippen molar-refractivity contribution >= 4 is 12.2 Å². The van der Waals surface area contributed by atoms with Crippen molar-refractivity contribution in [3.63, 3.8) is 0 Å². The quantitative estimate of drug-likeness (QED) is 0.465. The van der Waals surface area contributed by atoms with E-state index in [-0.39, 0.29) is 18.4 Å². The molecule has 3 aromatic carbocycles. The normalized spacial score (nSPS) is 12.4. The summed E-state index contributed by atoms with van der Waals surface area (Å²) >= 11 is 0. The molecule has 0 saturated carbocycles. The van der Waals surface area contributed by atoms with Crippen molar-refractivity contribution in [2.24, 2.45) is 0 Å². The summed E-state index contributed by atoms with van der Waals surface area (Å²) < 4.78 is 26.3. The summed E-state index contributed by atoms with van der Waals surface area (Å²) in [6.45, 7) is -0.365. The van der Waals surface area contributed by atoms with E-state index in [1.54, 1.807) is 12.1 Å². The van der Waals surface area contributed by atoms with E-state index in [0.717, 1.165) is 22.3 Å². The van der Waals surface area contributed by atoms with Crippen LogP contribution in [0.3, 0.4) is 0 Å². The van der Waals surface area contributed by atoms with E-state index in [9.17, 15) is 8.78 Å². The summed E-state index contributed by atoms with van der Waals surface area (Å²) in [4.78, 5) is 0. The molecule has 0 unspecified atom stereocenters. The van der Waals surface area contributed by atoms with Crippen LogP contribution < -0.4 is 0 Å². The molecule has 126 valence electrons. The topological polar surface area (TPSA) is 0 Å². The van der Waals surface area contributed by atoms with Crippen LogP contribution in [-0.4, -0.2) is 6.67 Å². The number of alkyl halides is 1. The van der Waals surface area contributed by atoms with Gasteiger partial charge in [0, 0.05) is 5.92 Å². The molecule has 3 aromatic rings. The second-order valence-electron chi connectivity index (χ2n) is 6.09. The van der Waals surface area contributed by atoms with Crippen molar-refractivity contribution in [2.75, 3.05) is 6.67 Å². The predicted octanol–water partition coefficient (Wildman–Crippen LogP) is 6.29. The molecule has 0 heterocycles. The summed E-state index contributed by atoms with van der Waals surface area (Å²) in [5.41, 5.74) is 4.16. The van der Waals surface area contributed by atoms with Crippen molar-refractivity contribution in [3.8, 4) is 0 Å². The van der Waals surface area contributed by atoms with Crippen LogP contribution in [-0.2, 0) is 6.42 Å². The van der Waals surface area contributed by atoms with E-state index in [1.807, 2.05) is 66.7 Å². The molecule has 0 aliphatic rings. The zero-order chi connectivity index (χ0) is 17.5. The second kappa shape index (κ2) is 8.39. The molecular formula is C23H20F2. The molecule has 0 aliphatic heterocycles. The van der Waals surface area contributed by atoms with E-state index < -0.39 is 0 Å². The van der Waals surface area contributed by atoms with Crippen LogP contribution in [0.15, 0.2) is 78.9 Å². The highest BCUT2D eigenvalue weighted by molar-refractivity contribution is 5.69. The number of rotatable bonds is 6. The minimum absolute atomic E-state index is 0.109. The lowest BCUT2D eigenvalue weighted by Crippen LogP contribution is -2.05. The van der Waals surface area contributed by atoms with Gasteiger partial charge in [0.05, 0.1) is 6.67 Å². The Morgan fingerprint density at radius 2 is 1.28 bits per heavy atom. The third kappa shape index (κ3) is 4.87. The van der Waals surface area contributed by atoms with Crippen LogP contribution in [0.5, 0.6) is 0 Å². The van der Waals surface area contributed by atoms with E-state index >= 15 is 0 Å². The molecule has 25 heavy (non-hydrogen) atoms. The first-order valence-corrected chi connectivity index (χ1v) is 8.38. The SMILES string of the molecule is FC[C@H](Cc1ccc(C=Cc2ccc(F)cc2)cc1)c1ccccc1. The number of hydrogen-bond donors (Lipinski definition) is 0. The summed E-state index contributed by atoms with van der Waals surface area (Å²) in [5.74, 6) is -0.343. The third-order valence-electron chi connectivity index (χ3n) is 4.26. The van der Waals surface area contributed by atoms with Crippen molar-refractivity contribution < 1.29 is 8.78 Å². The zero-order valence-corrected chi connectivity index (χ0v) is 13.9. The van der Waals surface area contributed by atoms with E-state index in [2.05, 4.69) is 0 Å². The predicted molar refractivity (Wildman–Crippen MR) is 101 cm³/mol. The van der Waals surface area contributed by atoms with Gasteiger partial charge in [-0.2, -0.15) is 0 Å². The molecule has 0 saturated heterocycles. The van der Waals surface area contributed by atoms with Crippen LogP contribution in [0, 0.1) is 5.82 Å². The molecule has 0 aliphatic carbocycles. The van der Waals surface area contributed by atoms with E-state index in [1.165, 1.54) is 12.1 Å². The molecular weight excluding hydrogens is 314 g/mol. The van der Waals surface area contributed by atoms with Crippen LogP contribution >= 0.6 is 0 Å². The Balaban J connectivity index is 1.66. The minimum atomic E-state index is -0.365. The average molecular weight is 334 g/mol. The Labute approximate surface area is 147 Å². The fourth-order valence-electron chi connectivity index (χ4n) is 2.80. The molecule has 0 amide bonds. The molecule has 0 fully saturated rings. The van der Waals surface area contributed by atoms with Gasteiger partial charge in [-0.3, -0.25) is 4.39 Å². The maximum atomic E-state index is 13.4. The molecule has 0 N–H and O–H groups in total. The lowest BCUT2D eigenvalue weighted by atomic mass is 9.93. The Kier molecular flexibility index (Phi) is 5.73. The molecule has 1 atom stereocenters. The smallest absolute Gasteiger partial charge is 0.123 e. The second-order valence-corrected chi connectivity index (χ2v) is 6.09. The molecule has 0 spiro atoms. The molecule has 3 rings (SSSR count). The standard InChI is InChI=1S/C23H20F2/c24-17-22(21-4-2-1-3-5-21)16-20-10-8-18(9-11-20)6-7-19-12-14-23(25)15-13-19/h1-15,22H,16-17H2/t22-/m0/s1. The molecule has 0 aromatic heterocycles. The van der Waals surface area contributed by atoms with Crippen LogP contribution in [0.2, 0.25) is 0 Å². The first-order valence-electron chi connectivity index (χ1n) is 8.38. The van der Waals surface area contributed by atoms with E-state index in [0.29, 0.717) is 6.42 Å². The van der Waals surface area contributed by atoms with E-state index in [4.69, 9.17) is 0 Å².